The molecule has 6 fully saturated rings. The van der Waals surface area contributed by atoms with Gasteiger partial charge in [-0.05, 0) is 70.8 Å². The maximum atomic E-state index is 12.5. The fourth-order valence-corrected chi connectivity index (χ4v) is 24.2. The van der Waals surface area contributed by atoms with E-state index in [2.05, 4.69) is 89.7 Å². The van der Waals surface area contributed by atoms with E-state index >= 15 is 0 Å². The molecule has 12 aromatic heterocycles. The minimum Gasteiger partial charge on any atom is -0.387 e. The van der Waals surface area contributed by atoms with Gasteiger partial charge in [0.25, 0.3) is 0 Å². The molecular formula is C65H84N30O31P6S6. The Morgan fingerprint density at radius 3 is 0.638 bits per heavy atom. The smallest absolute Gasteiger partial charge is 0.325 e. The number of nitrogens with zero attached hydrogens (tertiary/aromatic N) is 24. The highest BCUT2D eigenvalue weighted by atomic mass is 32.5. The van der Waals surface area contributed by atoms with Crippen molar-refractivity contribution in [2.45, 2.75) is 147 Å². The van der Waals surface area contributed by atoms with Gasteiger partial charge in [0.1, 0.15) is 181 Å². The number of nitrogens with two attached hydrogens (primary N) is 6. The van der Waals surface area contributed by atoms with Gasteiger partial charge in [0, 0.05) is 35.5 Å². The minimum absolute atomic E-state index is 0.00842. The monoisotopic (exact) mass is 2160 g/mol. The van der Waals surface area contributed by atoms with E-state index in [1.54, 1.807) is 0 Å². The number of imidazole rings is 6. The van der Waals surface area contributed by atoms with Crippen molar-refractivity contribution in [2.24, 2.45) is 0 Å². The van der Waals surface area contributed by atoms with Crippen LogP contribution in [0.1, 0.15) is 37.4 Å². The zero-order chi connectivity index (χ0) is 97.7. The summed E-state index contributed by atoms with van der Waals surface area (Å²) in [4.78, 5) is 158. The van der Waals surface area contributed by atoms with Gasteiger partial charge in [0.15, 0.2) is 106 Å². The number of hydrogen-bond acceptors (Lipinski definition) is 54. The minimum atomic E-state index is -4.75. The van der Waals surface area contributed by atoms with Gasteiger partial charge in [-0.3, -0.25) is 50.0 Å². The zero-order valence-corrected chi connectivity index (χ0v) is 81.6. The summed E-state index contributed by atoms with van der Waals surface area (Å²) in [5.74, 6) is -0.0997. The summed E-state index contributed by atoms with van der Waals surface area (Å²) in [6, 6.07) is 0. The summed E-state index contributed by atoms with van der Waals surface area (Å²) in [5.41, 5.74) is 38.7. The molecule has 21 N–H and O–H groups in total. The maximum absolute atomic E-state index is 12.5. The molecule has 746 valence electrons. The molecule has 18 heterocycles. The topological polar surface area (TPSA) is 803 Å². The van der Waals surface area contributed by atoms with E-state index in [1.807, 2.05) is 0 Å². The van der Waals surface area contributed by atoms with Crippen LogP contribution in [0.5, 0.6) is 0 Å². The van der Waals surface area contributed by atoms with Crippen molar-refractivity contribution in [3.8, 4) is 0 Å². The summed E-state index contributed by atoms with van der Waals surface area (Å²) in [6.45, 7) is -31.5. The summed E-state index contributed by atoms with van der Waals surface area (Å²) >= 11 is 33.4. The number of aliphatic hydroxyl groups excluding tert-OH is 2. The predicted octanol–water partition coefficient (Wildman–Crippen LogP) is -1.98. The lowest BCUT2D eigenvalue weighted by molar-refractivity contribution is -0.0616. The van der Waals surface area contributed by atoms with Crippen molar-refractivity contribution < 1.29 is 146 Å². The van der Waals surface area contributed by atoms with Crippen molar-refractivity contribution in [1.29, 1.82) is 0 Å². The molecule has 0 aliphatic carbocycles. The summed E-state index contributed by atoms with van der Waals surface area (Å²) < 4.78 is 145. The highest BCUT2D eigenvalue weighted by Gasteiger charge is 2.58. The average molecular weight is 2160 g/mol. The summed E-state index contributed by atoms with van der Waals surface area (Å²) in [7, 11) is 6.33. The van der Waals surface area contributed by atoms with E-state index in [-0.39, 0.29) is 102 Å². The first-order valence-electron chi connectivity index (χ1n) is 40.3. The second-order valence-corrected chi connectivity index (χ2v) is 47.4. The number of anilines is 6. The lowest BCUT2D eigenvalue weighted by Gasteiger charge is -2.30. The summed E-state index contributed by atoms with van der Waals surface area (Å²) in [6.07, 6.45) is -19.1. The van der Waals surface area contributed by atoms with Crippen LogP contribution in [0.4, 0.5) is 34.9 Å². The lowest BCUT2D eigenvalue weighted by Crippen LogP contribution is -2.39. The molecule has 0 radical (unpaired) electrons. The van der Waals surface area contributed by atoms with Gasteiger partial charge in [-0.1, -0.05) is 0 Å². The Bertz CT molecular complexity index is 6810. The van der Waals surface area contributed by atoms with Crippen LogP contribution >= 0.6 is 40.3 Å². The van der Waals surface area contributed by atoms with Gasteiger partial charge < -0.3 is 158 Å². The van der Waals surface area contributed by atoms with E-state index in [4.69, 9.17) is 207 Å². The van der Waals surface area contributed by atoms with Crippen LogP contribution in [0.2, 0.25) is 0 Å². The maximum Gasteiger partial charge on any atom is 0.325 e. The lowest BCUT2D eigenvalue weighted by atomic mass is 10.1. The molecule has 18 rings (SSSR count). The van der Waals surface area contributed by atoms with Gasteiger partial charge in [-0.25, -0.2) is 89.7 Å². The third-order valence-corrected chi connectivity index (χ3v) is 31.4. The van der Waals surface area contributed by atoms with Crippen LogP contribution in [0.25, 0.3) is 67.0 Å². The molecule has 0 bridgehead atoms. The number of hydrogen-bond donors (Lipinski definition) is 15. The number of methoxy groups -OCH3 is 5. The van der Waals surface area contributed by atoms with Crippen molar-refractivity contribution in [2.75, 3.05) is 110 Å². The van der Waals surface area contributed by atoms with Crippen LogP contribution in [0.15, 0.2) is 75.9 Å². The Balaban J connectivity index is 0.570. The van der Waals surface area contributed by atoms with E-state index in [0.717, 1.165) is 25.3 Å². The molecule has 6 aliphatic heterocycles. The molecule has 73 heteroatoms. The number of nitrogen functional groups attached to an aromatic ring is 6. The molecule has 138 heavy (non-hydrogen) atoms. The van der Waals surface area contributed by atoms with Crippen LogP contribution < -0.4 is 34.4 Å². The molecule has 61 nitrogen and oxygen atoms in total. The second-order valence-electron chi connectivity index (χ2n) is 30.8. The highest BCUT2D eigenvalue weighted by molar-refractivity contribution is 8.08. The number of rotatable bonds is 39. The van der Waals surface area contributed by atoms with Crippen molar-refractivity contribution in [3.63, 3.8) is 0 Å². The van der Waals surface area contributed by atoms with Crippen molar-refractivity contribution >= 4 is 213 Å². The zero-order valence-electron chi connectivity index (χ0n) is 71.4. The molecule has 12 aromatic rings. The predicted molar refractivity (Wildman–Crippen MR) is 489 cm³/mol. The first-order chi connectivity index (χ1) is 65.8. The molecule has 10 unspecified atom stereocenters. The average Bonchev–Trinajstić information content (AvgIpc) is 1.62. The first kappa shape index (κ1) is 101. The van der Waals surface area contributed by atoms with Crippen molar-refractivity contribution in [3.05, 3.63) is 75.9 Å². The Hall–Kier alpha value is -7.24. The molecule has 0 saturated carbocycles. The van der Waals surface area contributed by atoms with E-state index in [0.29, 0.717) is 0 Å². The fourth-order valence-electron chi connectivity index (χ4n) is 16.7. The van der Waals surface area contributed by atoms with Gasteiger partial charge in [0.05, 0.1) is 77.6 Å². The largest absolute Gasteiger partial charge is 0.387 e. The molecule has 6 aliphatic rings. The van der Waals surface area contributed by atoms with Gasteiger partial charge >= 0.3 is 40.3 Å². The SMILES string of the molecule is CO[C@H]1[C@@H](OP(O)(=S)OCC2O[C@@H](n3cnc4c(N)ncnc43)[C@H](OP(O)(=S)OCC3O[C@@H](n4cnc5c(N)ncnc54)[C@H](OP(O)(=S)OCC4O[C@@H](n5cnc6c(N)ncnc65)[C@H](OP(O)(=S)OCC5O[C@@H](n6cnc7c(N)ncnc76)[C@H](OP(O)(=S)OCC6O[C@@H](n7cnc8c(N)ncnc87)[C@H](O)[C@@H]6O)[C@@H]5OC)[C@@H]4OC)[C@@H]3OC)[C@@H]2OC)[C@H](n2cnc3c(N)ncnc32)O[C@@H]1COP(O)(O)=S. The van der Waals surface area contributed by atoms with Crippen LogP contribution in [-0.2, 0) is 173 Å². The fraction of sp³-hybridized carbons (Fsp3) is 0.538. The molecular weight excluding hydrogens is 2080 g/mol. The Labute approximate surface area is 804 Å². The van der Waals surface area contributed by atoms with Crippen LogP contribution in [-0.4, -0.2) is 347 Å². The quantitative estimate of drug-likeness (QED) is 0.0186. The molecule has 0 spiro atoms. The standard InChI is InChI=1S/C65H84N30O31P6S6/c1-105-38-25(7-110-127(98,99)133)117-61(91-19-85-31-49(67)73-13-79-55(31)91)43(38)123-129(101,135)112-9-27-40(107-3)45(63(119-27)93-21-87-33-51(69)75-15-81-57(33)93)125-131(103,137)114-11-29-42(109-5)47(65(121-29)95-23-89-35-53(71)77-17-83-59(35)95)126-132(104,138)115-10-28-41(108-4)46(64(120-28)94-22-88-34-52(70)76-16-82-58(34)94)124-130(102,136)113-8-26-39(106-2)44(62(118-26)92-20-86-32-50(68)74-14-80-56(32)92)122-128(100,134)111-6-24-36(96)37(97)60(116-24)90-18-84-30-48(66)72-12-78-54(30)90/h12-29,36-47,60-65,96-97H,6-11H2,1-5H3,(H,100,134)(H,101,135)(H,102,136)(H,103,137)(H,104,138)(H2,66,72,78)(H2,67,73,79)(H2,68,74,80)(H2,69,75,81)(H2,70,76,82)(H2,71,77,83)(H2,98,99,133)/t24?,25-,26?,27?,28?,29?,36-,37-,38-,39-,40-,41-,42-,43-,44-,45-,46-,47-,60-,61-,62-,63-,64-,65-,128?,129?,130?,131?,132?/m1/s1. The molecule has 6 saturated heterocycles. The Morgan fingerprint density at radius 2 is 0.442 bits per heavy atom. The third kappa shape index (κ3) is 20.3. The third-order valence-electron chi connectivity index (χ3n) is 22.8. The molecule has 0 aromatic carbocycles. The Kier molecular flexibility index (Phi) is 29.5. The normalized spacial score (nSPS) is 30.9. The number of ether oxygens (including phenoxy) is 11. The van der Waals surface area contributed by atoms with Gasteiger partial charge in [-0.2, -0.15) is 0 Å². The van der Waals surface area contributed by atoms with Crippen LogP contribution in [0, 0.1) is 0 Å². The first-order valence-corrected chi connectivity index (χ1v) is 55.9. The number of aromatic nitrogens is 24. The van der Waals surface area contributed by atoms with Gasteiger partial charge in [-0.15, -0.1) is 0 Å². The number of aliphatic hydroxyl groups is 2. The Morgan fingerprint density at radius 1 is 0.261 bits per heavy atom. The van der Waals surface area contributed by atoms with E-state index in [1.165, 1.54) is 114 Å². The summed E-state index contributed by atoms with van der Waals surface area (Å²) in [5, 5.41) is 22.5. The van der Waals surface area contributed by atoms with Crippen molar-refractivity contribution in [1.82, 2.24) is 117 Å². The number of fused-ring (bicyclic) bond motifs is 6. The highest BCUT2D eigenvalue weighted by Crippen LogP contribution is 2.59. The molecule has 0 amide bonds. The van der Waals surface area contributed by atoms with Gasteiger partial charge in [0.2, 0.25) is 0 Å². The second kappa shape index (κ2) is 40.4. The van der Waals surface area contributed by atoms with E-state index in [9.17, 15) is 44.5 Å². The molecule has 29 atom stereocenters. The van der Waals surface area contributed by atoms with Crippen LogP contribution in [0.3, 0.4) is 0 Å². The van der Waals surface area contributed by atoms with E-state index < -0.39 is 227 Å².